The predicted molar refractivity (Wildman–Crippen MR) is 98.3 cm³/mol. The molecule has 0 bridgehead atoms. The molecule has 1 saturated carbocycles. The summed E-state index contributed by atoms with van der Waals surface area (Å²) in [6, 6.07) is 6.40. The molecule has 2 fully saturated rings. The third-order valence-corrected chi connectivity index (χ3v) is 7.38. The van der Waals surface area contributed by atoms with Crippen LogP contribution in [0, 0.1) is 11.3 Å². The largest absolute Gasteiger partial charge is 0.334 e. The molecule has 6 nitrogen and oxygen atoms in total. The minimum Gasteiger partial charge on any atom is -0.334 e. The fraction of sp³-hybridized carbons (Fsp3) is 0.556. The van der Waals surface area contributed by atoms with Crippen LogP contribution in [0.2, 0.25) is 5.02 Å². The van der Waals surface area contributed by atoms with Crippen LogP contribution in [0.4, 0.5) is 0 Å². The van der Waals surface area contributed by atoms with Crippen molar-refractivity contribution in [3.63, 3.8) is 0 Å². The maximum absolute atomic E-state index is 12.7. The summed E-state index contributed by atoms with van der Waals surface area (Å²) in [5.74, 6) is -0.503. The van der Waals surface area contributed by atoms with Crippen LogP contribution >= 0.6 is 11.6 Å². The summed E-state index contributed by atoms with van der Waals surface area (Å²) in [4.78, 5) is 12.8. The van der Waals surface area contributed by atoms with Gasteiger partial charge in [-0.25, -0.2) is 8.42 Å². The molecule has 3 rings (SSSR count). The molecule has 0 aromatic heterocycles. The highest BCUT2D eigenvalue weighted by atomic mass is 35.5. The fourth-order valence-electron chi connectivity index (χ4n) is 3.62. The van der Waals surface area contributed by atoms with Crippen molar-refractivity contribution < 1.29 is 13.2 Å². The first kappa shape index (κ1) is 19.2. The molecule has 1 aromatic rings. The molecule has 26 heavy (non-hydrogen) atoms. The Bertz CT molecular complexity index is 836. The van der Waals surface area contributed by atoms with Crippen molar-refractivity contribution in [2.24, 2.45) is 0 Å². The Hall–Kier alpha value is -1.62. The monoisotopic (exact) mass is 395 g/mol. The van der Waals surface area contributed by atoms with Crippen LogP contribution in [-0.4, -0.2) is 37.3 Å². The minimum absolute atomic E-state index is 0.0589. The SMILES string of the molecule is N#CC1(NC(=O)c2cc(S(=O)(=O)N3CCCC3)ccc2Cl)CCCCC1. The van der Waals surface area contributed by atoms with E-state index in [1.54, 1.807) is 0 Å². The van der Waals surface area contributed by atoms with Gasteiger partial charge in [-0.05, 0) is 43.9 Å². The number of nitrogens with one attached hydrogen (secondary N) is 1. The first-order valence-electron chi connectivity index (χ1n) is 8.91. The average Bonchev–Trinajstić information content (AvgIpc) is 3.18. The van der Waals surface area contributed by atoms with Crippen LogP contribution in [0.3, 0.4) is 0 Å². The van der Waals surface area contributed by atoms with Gasteiger partial charge < -0.3 is 5.32 Å². The molecule has 1 amide bonds. The molecule has 2 aliphatic rings. The number of carbonyl (C=O) groups is 1. The number of amides is 1. The molecule has 1 heterocycles. The quantitative estimate of drug-likeness (QED) is 0.848. The Kier molecular flexibility index (Phi) is 5.56. The van der Waals surface area contributed by atoms with E-state index in [1.807, 2.05) is 0 Å². The lowest BCUT2D eigenvalue weighted by molar-refractivity contribution is 0.0902. The highest BCUT2D eigenvalue weighted by Gasteiger charge is 2.35. The number of halogens is 1. The molecule has 1 aromatic carbocycles. The number of nitrogens with zero attached hydrogens (tertiary/aromatic N) is 2. The highest BCUT2D eigenvalue weighted by Crippen LogP contribution is 2.30. The molecule has 1 saturated heterocycles. The Morgan fingerprint density at radius 3 is 2.42 bits per heavy atom. The molecular weight excluding hydrogens is 374 g/mol. The summed E-state index contributed by atoms with van der Waals surface area (Å²) in [5.41, 5.74) is -0.810. The Balaban J connectivity index is 1.88. The van der Waals surface area contributed by atoms with Crippen LogP contribution in [-0.2, 0) is 10.0 Å². The van der Waals surface area contributed by atoms with E-state index >= 15 is 0 Å². The molecule has 8 heteroatoms. The van der Waals surface area contributed by atoms with E-state index in [9.17, 15) is 18.5 Å². The van der Waals surface area contributed by atoms with Crippen molar-refractivity contribution in [1.82, 2.24) is 9.62 Å². The average molecular weight is 396 g/mol. The van der Waals surface area contributed by atoms with E-state index in [-0.39, 0.29) is 15.5 Å². The fourth-order valence-corrected chi connectivity index (χ4v) is 5.37. The van der Waals surface area contributed by atoms with E-state index < -0.39 is 21.5 Å². The molecule has 0 spiro atoms. The summed E-state index contributed by atoms with van der Waals surface area (Å²) < 4.78 is 26.9. The van der Waals surface area contributed by atoms with Crippen LogP contribution < -0.4 is 5.32 Å². The number of carbonyl (C=O) groups excluding carboxylic acids is 1. The van der Waals surface area contributed by atoms with Gasteiger partial charge in [0, 0.05) is 13.1 Å². The second-order valence-corrected chi connectivity index (χ2v) is 9.31. The predicted octanol–water partition coefficient (Wildman–Crippen LogP) is 3.08. The Morgan fingerprint density at radius 2 is 1.81 bits per heavy atom. The smallest absolute Gasteiger partial charge is 0.254 e. The summed E-state index contributed by atoms with van der Waals surface area (Å²) in [6.45, 7) is 0.980. The molecule has 140 valence electrons. The van der Waals surface area contributed by atoms with Gasteiger partial charge in [0.1, 0.15) is 5.54 Å². The van der Waals surface area contributed by atoms with E-state index in [4.69, 9.17) is 11.6 Å². The Labute approximate surface area is 159 Å². The number of nitriles is 1. The van der Waals surface area contributed by atoms with Gasteiger partial charge in [-0.1, -0.05) is 30.9 Å². The van der Waals surface area contributed by atoms with Crippen molar-refractivity contribution in [3.05, 3.63) is 28.8 Å². The van der Waals surface area contributed by atoms with Gasteiger partial charge in [0.2, 0.25) is 10.0 Å². The van der Waals surface area contributed by atoms with Crippen molar-refractivity contribution >= 4 is 27.5 Å². The van der Waals surface area contributed by atoms with Gasteiger partial charge in [0.15, 0.2) is 0 Å². The van der Waals surface area contributed by atoms with Crippen LogP contribution in [0.5, 0.6) is 0 Å². The summed E-state index contributed by atoms with van der Waals surface area (Å²) >= 11 is 6.15. The van der Waals surface area contributed by atoms with Gasteiger partial charge in [-0.3, -0.25) is 4.79 Å². The second-order valence-electron chi connectivity index (χ2n) is 6.96. The number of hydrogen-bond donors (Lipinski definition) is 1. The number of benzene rings is 1. The van der Waals surface area contributed by atoms with Gasteiger partial charge in [-0.15, -0.1) is 0 Å². The van der Waals surface area contributed by atoms with Gasteiger partial charge in [-0.2, -0.15) is 9.57 Å². The number of hydrogen-bond acceptors (Lipinski definition) is 4. The molecule has 1 N–H and O–H groups in total. The lowest BCUT2D eigenvalue weighted by Gasteiger charge is -2.31. The van der Waals surface area contributed by atoms with Crippen molar-refractivity contribution in [1.29, 1.82) is 5.26 Å². The summed E-state index contributed by atoms with van der Waals surface area (Å²) in [7, 11) is -3.64. The molecule has 1 aliphatic carbocycles. The zero-order valence-corrected chi connectivity index (χ0v) is 16.1. The van der Waals surface area contributed by atoms with E-state index in [0.29, 0.717) is 25.9 Å². The second kappa shape index (κ2) is 7.55. The maximum atomic E-state index is 12.7. The summed E-state index contributed by atoms with van der Waals surface area (Å²) in [6.07, 6.45) is 5.67. The lowest BCUT2D eigenvalue weighted by Crippen LogP contribution is -2.48. The number of rotatable bonds is 4. The van der Waals surface area contributed by atoms with Crippen molar-refractivity contribution in [2.45, 2.75) is 55.4 Å². The normalized spacial score (nSPS) is 20.5. The Morgan fingerprint density at radius 1 is 1.15 bits per heavy atom. The first-order valence-corrected chi connectivity index (χ1v) is 10.7. The summed E-state index contributed by atoms with van der Waals surface area (Å²) in [5, 5.41) is 12.5. The lowest BCUT2D eigenvalue weighted by atomic mass is 9.82. The van der Waals surface area contributed by atoms with Crippen molar-refractivity contribution in [3.8, 4) is 6.07 Å². The first-order chi connectivity index (χ1) is 12.4. The molecule has 0 unspecified atom stereocenters. The van der Waals surface area contributed by atoms with Crippen LogP contribution in [0.15, 0.2) is 23.1 Å². The van der Waals surface area contributed by atoms with Crippen molar-refractivity contribution in [2.75, 3.05) is 13.1 Å². The van der Waals surface area contributed by atoms with E-state index in [1.165, 1.54) is 22.5 Å². The number of sulfonamides is 1. The van der Waals surface area contributed by atoms with E-state index in [0.717, 1.165) is 32.1 Å². The molecular formula is C18H22ClN3O3S. The van der Waals surface area contributed by atoms with Crippen LogP contribution in [0.1, 0.15) is 55.3 Å². The standard InChI is InChI=1S/C18H22ClN3O3S/c19-16-7-6-14(26(24,25)22-10-4-5-11-22)12-15(16)17(23)21-18(13-20)8-2-1-3-9-18/h6-7,12H,1-5,8-11H2,(H,21,23). The van der Waals surface area contributed by atoms with Crippen LogP contribution in [0.25, 0.3) is 0 Å². The third kappa shape index (κ3) is 3.73. The van der Waals surface area contributed by atoms with Gasteiger partial charge >= 0.3 is 0 Å². The van der Waals surface area contributed by atoms with E-state index in [2.05, 4.69) is 11.4 Å². The molecule has 1 aliphatic heterocycles. The topological polar surface area (TPSA) is 90.3 Å². The zero-order valence-electron chi connectivity index (χ0n) is 14.5. The molecule has 0 atom stereocenters. The minimum atomic E-state index is -3.64. The third-order valence-electron chi connectivity index (χ3n) is 5.16. The zero-order chi connectivity index (χ0) is 18.8. The maximum Gasteiger partial charge on any atom is 0.254 e. The van der Waals surface area contributed by atoms with Gasteiger partial charge in [0.05, 0.1) is 21.6 Å². The highest BCUT2D eigenvalue weighted by molar-refractivity contribution is 7.89. The van der Waals surface area contributed by atoms with Gasteiger partial charge in [0.25, 0.3) is 5.91 Å². The molecule has 0 radical (unpaired) electrons.